The minimum absolute atomic E-state index is 0.190. The van der Waals surface area contributed by atoms with Crippen LogP contribution in [0.4, 0.5) is 0 Å². The summed E-state index contributed by atoms with van der Waals surface area (Å²) in [5.74, 6) is 0.190. The van der Waals surface area contributed by atoms with E-state index in [0.717, 1.165) is 20.6 Å². The maximum absolute atomic E-state index is 13.0. The van der Waals surface area contributed by atoms with Crippen molar-refractivity contribution in [1.82, 2.24) is 5.06 Å². The number of benzene rings is 4. The molecule has 0 spiro atoms. The smallest absolute Gasteiger partial charge is 0.316 e. The summed E-state index contributed by atoms with van der Waals surface area (Å²) >= 11 is 0. The van der Waals surface area contributed by atoms with Crippen molar-refractivity contribution in [3.05, 3.63) is 65.4 Å². The molecule has 0 saturated carbocycles. The van der Waals surface area contributed by atoms with E-state index in [2.05, 4.69) is 42.5 Å². The van der Waals surface area contributed by atoms with E-state index in [9.17, 15) is 10.4 Å². The standard InChI is InChI=1S/C23H21N2O2/c1-22(2)23(3,4)25(27)21(24(22)26)18-12-16-10-8-14-6-5-7-15-9-11-17(13-18)20(16)19(14)15/h5-13H,1-4H3. The Morgan fingerprint density at radius 2 is 1.30 bits per heavy atom. The predicted octanol–water partition coefficient (Wildman–Crippen LogP) is 5.06. The lowest BCUT2D eigenvalue weighted by molar-refractivity contribution is -0.539. The molecule has 1 heterocycles. The average molecular weight is 357 g/mol. The van der Waals surface area contributed by atoms with Crippen LogP contribution in [0.5, 0.6) is 0 Å². The van der Waals surface area contributed by atoms with Gasteiger partial charge in [-0.25, -0.2) is 0 Å². The molecule has 0 fully saturated rings. The van der Waals surface area contributed by atoms with Gasteiger partial charge in [0.25, 0.3) is 0 Å². The summed E-state index contributed by atoms with van der Waals surface area (Å²) in [6, 6.07) is 18.6. The largest absolute Gasteiger partial charge is 0.714 e. The van der Waals surface area contributed by atoms with Gasteiger partial charge in [-0.1, -0.05) is 47.5 Å². The highest BCUT2D eigenvalue weighted by atomic mass is 16.5. The van der Waals surface area contributed by atoms with E-state index < -0.39 is 11.1 Å². The highest BCUT2D eigenvalue weighted by Crippen LogP contribution is 2.40. The Bertz CT molecular complexity index is 1190. The second-order valence-corrected chi connectivity index (χ2v) is 8.54. The van der Waals surface area contributed by atoms with Gasteiger partial charge < -0.3 is 5.21 Å². The molecule has 0 bridgehead atoms. The normalized spacial score (nSPS) is 19.1. The summed E-state index contributed by atoms with van der Waals surface area (Å²) in [5.41, 5.74) is -0.963. The molecular formula is C23H21N2O2. The summed E-state index contributed by atoms with van der Waals surface area (Å²) in [5, 5.41) is 33.8. The quantitative estimate of drug-likeness (QED) is 0.272. The molecule has 0 atom stereocenters. The van der Waals surface area contributed by atoms with Gasteiger partial charge in [-0.05, 0) is 72.1 Å². The Labute approximate surface area is 157 Å². The molecule has 0 unspecified atom stereocenters. The molecule has 0 amide bonds. The van der Waals surface area contributed by atoms with Gasteiger partial charge in [0.15, 0.2) is 5.54 Å². The lowest BCUT2D eigenvalue weighted by atomic mass is 9.84. The second kappa shape index (κ2) is 4.90. The number of hydrogen-bond acceptors (Lipinski definition) is 2. The van der Waals surface area contributed by atoms with Crippen LogP contribution in [0, 0.1) is 5.21 Å². The summed E-state index contributed by atoms with van der Waals surface area (Å²) in [4.78, 5) is 0. The van der Waals surface area contributed by atoms with Gasteiger partial charge in [0.2, 0.25) is 0 Å². The highest BCUT2D eigenvalue weighted by molar-refractivity contribution is 6.24. The molecule has 1 radical (unpaired) electrons. The van der Waals surface area contributed by atoms with Crippen molar-refractivity contribution in [2.75, 3.05) is 0 Å². The third-order valence-electron chi connectivity index (χ3n) is 6.62. The minimum Gasteiger partial charge on any atom is -0.714 e. The van der Waals surface area contributed by atoms with Gasteiger partial charge in [0.05, 0.1) is 5.56 Å². The number of hydroxylamine groups is 3. The Morgan fingerprint density at radius 1 is 0.815 bits per heavy atom. The topological polar surface area (TPSA) is 49.2 Å². The van der Waals surface area contributed by atoms with Crippen molar-refractivity contribution in [2.24, 2.45) is 0 Å². The van der Waals surface area contributed by atoms with Crippen molar-refractivity contribution >= 4 is 38.2 Å². The van der Waals surface area contributed by atoms with Crippen LogP contribution in [-0.2, 0) is 5.21 Å². The first-order valence-corrected chi connectivity index (χ1v) is 9.23. The van der Waals surface area contributed by atoms with E-state index >= 15 is 0 Å². The Morgan fingerprint density at radius 3 is 1.78 bits per heavy atom. The molecular weight excluding hydrogens is 336 g/mol. The van der Waals surface area contributed by atoms with Crippen molar-refractivity contribution in [3.8, 4) is 0 Å². The monoisotopic (exact) mass is 357 g/mol. The fourth-order valence-corrected chi connectivity index (χ4v) is 4.23. The fraction of sp³-hybridized carbons (Fsp3) is 0.261. The zero-order valence-electron chi connectivity index (χ0n) is 15.9. The first-order chi connectivity index (χ1) is 12.7. The van der Waals surface area contributed by atoms with E-state index in [-0.39, 0.29) is 5.84 Å². The molecule has 1 aliphatic heterocycles. The molecule has 4 aromatic rings. The second-order valence-electron chi connectivity index (χ2n) is 8.54. The molecule has 4 aromatic carbocycles. The lowest BCUT2D eigenvalue weighted by Crippen LogP contribution is -2.53. The molecule has 0 aliphatic carbocycles. The first kappa shape index (κ1) is 16.3. The van der Waals surface area contributed by atoms with E-state index in [0.29, 0.717) is 5.56 Å². The number of amidine groups is 1. The van der Waals surface area contributed by atoms with Gasteiger partial charge >= 0.3 is 5.84 Å². The molecule has 0 aromatic heterocycles. The Kier molecular flexibility index (Phi) is 2.96. The zero-order valence-corrected chi connectivity index (χ0v) is 15.9. The molecule has 1 aliphatic rings. The average Bonchev–Trinajstić information content (AvgIpc) is 2.76. The van der Waals surface area contributed by atoms with E-state index in [1.54, 1.807) is 0 Å². The molecule has 5 rings (SSSR count). The van der Waals surface area contributed by atoms with Gasteiger partial charge in [-0.15, -0.1) is 0 Å². The zero-order chi connectivity index (χ0) is 19.1. The summed E-state index contributed by atoms with van der Waals surface area (Å²) in [6.07, 6.45) is 0. The lowest BCUT2D eigenvalue weighted by Gasteiger charge is -2.32. The maximum Gasteiger partial charge on any atom is 0.316 e. The third-order valence-corrected chi connectivity index (χ3v) is 6.62. The number of rotatable bonds is 1. The van der Waals surface area contributed by atoms with Crippen molar-refractivity contribution in [1.29, 1.82) is 0 Å². The number of nitrogens with zero attached hydrogens (tertiary/aromatic N) is 2. The Hall–Kier alpha value is -2.85. The van der Waals surface area contributed by atoms with Crippen molar-refractivity contribution in [3.63, 3.8) is 0 Å². The molecule has 27 heavy (non-hydrogen) atoms. The molecule has 0 saturated heterocycles. The van der Waals surface area contributed by atoms with Crippen LogP contribution in [-0.4, -0.2) is 26.7 Å². The van der Waals surface area contributed by atoms with Crippen LogP contribution in [0.3, 0.4) is 0 Å². The van der Waals surface area contributed by atoms with Gasteiger partial charge in [-0.2, -0.15) is 0 Å². The summed E-state index contributed by atoms with van der Waals surface area (Å²) in [6.45, 7) is 7.29. The molecule has 0 N–H and O–H groups in total. The highest BCUT2D eigenvalue weighted by Gasteiger charge is 2.59. The van der Waals surface area contributed by atoms with Crippen LogP contribution >= 0.6 is 0 Å². The van der Waals surface area contributed by atoms with Gasteiger partial charge in [0, 0.05) is 5.21 Å². The molecule has 4 heteroatoms. The summed E-state index contributed by atoms with van der Waals surface area (Å²) in [7, 11) is 0. The Balaban J connectivity index is 1.84. The van der Waals surface area contributed by atoms with Crippen molar-refractivity contribution in [2.45, 2.75) is 38.8 Å². The SMILES string of the molecule is CC1(C)N([O])C(c2cc3ccc4cccc5ccc(c2)c3c45)=[N+]([O-])C1(C)C. The van der Waals surface area contributed by atoms with Gasteiger partial charge in [-0.3, -0.25) is 4.74 Å². The van der Waals surface area contributed by atoms with Crippen LogP contribution in [0.15, 0.2) is 54.6 Å². The van der Waals surface area contributed by atoms with E-state index in [1.807, 2.05) is 39.8 Å². The molecule has 135 valence electrons. The fourth-order valence-electron chi connectivity index (χ4n) is 4.23. The minimum atomic E-state index is -0.817. The number of hydrogen-bond donors (Lipinski definition) is 0. The van der Waals surface area contributed by atoms with Crippen molar-refractivity contribution < 1.29 is 9.95 Å². The van der Waals surface area contributed by atoms with E-state index in [1.165, 1.54) is 21.5 Å². The summed E-state index contributed by atoms with van der Waals surface area (Å²) < 4.78 is 0.882. The maximum atomic E-state index is 13.0. The molecule has 4 nitrogen and oxygen atoms in total. The van der Waals surface area contributed by atoms with Crippen LogP contribution in [0.1, 0.15) is 33.3 Å². The first-order valence-electron chi connectivity index (χ1n) is 9.23. The third kappa shape index (κ3) is 1.88. The van der Waals surface area contributed by atoms with Crippen LogP contribution in [0.2, 0.25) is 0 Å². The van der Waals surface area contributed by atoms with Crippen LogP contribution < -0.4 is 0 Å². The van der Waals surface area contributed by atoms with Gasteiger partial charge in [0.1, 0.15) is 5.54 Å². The van der Waals surface area contributed by atoms with Crippen LogP contribution in [0.25, 0.3) is 32.3 Å². The van der Waals surface area contributed by atoms with E-state index in [4.69, 9.17) is 0 Å². The predicted molar refractivity (Wildman–Crippen MR) is 109 cm³/mol.